The number of halogens is 1. The average Bonchev–Trinajstić information content (AvgIpc) is 2.97. The lowest BCUT2D eigenvalue weighted by Crippen LogP contribution is -2.49. The summed E-state index contributed by atoms with van der Waals surface area (Å²) in [6, 6.07) is 11.5. The van der Waals surface area contributed by atoms with Crippen LogP contribution in [-0.2, 0) is 18.4 Å². The summed E-state index contributed by atoms with van der Waals surface area (Å²) in [5.74, 6) is 0.0604. The number of aromatic nitrogens is 3. The molecule has 2 aromatic heterocycles. The summed E-state index contributed by atoms with van der Waals surface area (Å²) in [5, 5.41) is 3.35. The van der Waals surface area contributed by atoms with Crippen LogP contribution in [0.4, 0.5) is 0 Å². The number of fused-ring (bicyclic) bond motifs is 1. The molecule has 148 valence electrons. The van der Waals surface area contributed by atoms with Gasteiger partial charge in [-0.1, -0.05) is 18.2 Å². The minimum Gasteiger partial charge on any atom is -0.333 e. The predicted octanol–water partition coefficient (Wildman–Crippen LogP) is 1.72. The van der Waals surface area contributed by atoms with Crippen LogP contribution in [0, 0.1) is 0 Å². The van der Waals surface area contributed by atoms with Crippen LogP contribution in [0.15, 0.2) is 53.6 Å². The van der Waals surface area contributed by atoms with Gasteiger partial charge < -0.3 is 10.2 Å². The molecule has 0 aliphatic carbocycles. The summed E-state index contributed by atoms with van der Waals surface area (Å²) in [6.07, 6.45) is 3.84. The fraction of sp³-hybridized carbons (Fsp3) is 0.350. The third-order valence-corrected chi connectivity index (χ3v) is 5.23. The number of amides is 1. The maximum Gasteiger partial charge on any atom is 0.328 e. The third kappa shape index (κ3) is 3.68. The minimum atomic E-state index is -0.0897. The van der Waals surface area contributed by atoms with Crippen molar-refractivity contribution in [2.75, 3.05) is 19.6 Å². The van der Waals surface area contributed by atoms with Crippen molar-refractivity contribution >= 4 is 29.3 Å². The Balaban J connectivity index is 0.00000225. The van der Waals surface area contributed by atoms with Crippen LogP contribution in [0.3, 0.4) is 0 Å². The molecule has 1 unspecified atom stereocenters. The molecule has 1 saturated heterocycles. The van der Waals surface area contributed by atoms with Crippen molar-refractivity contribution in [2.24, 2.45) is 7.05 Å². The second-order valence-corrected chi connectivity index (χ2v) is 6.83. The Morgan fingerprint density at radius 3 is 2.75 bits per heavy atom. The molecule has 1 amide bonds. The highest BCUT2D eigenvalue weighted by atomic mass is 35.5. The van der Waals surface area contributed by atoms with Crippen LogP contribution in [0.1, 0.15) is 18.0 Å². The molecule has 7 nitrogen and oxygen atoms in total. The second-order valence-electron chi connectivity index (χ2n) is 6.83. The number of carbonyl (C=O) groups excluding carboxylic acids is 1. The van der Waals surface area contributed by atoms with E-state index in [2.05, 4.69) is 10.3 Å². The number of piperazine rings is 1. The first kappa shape index (κ1) is 20.1. The molecule has 0 radical (unpaired) electrons. The third-order valence-electron chi connectivity index (χ3n) is 5.23. The van der Waals surface area contributed by atoms with Crippen LogP contribution in [0.2, 0.25) is 0 Å². The largest absolute Gasteiger partial charge is 0.333 e. The molecule has 1 aliphatic heterocycles. The molecule has 3 heterocycles. The molecule has 0 bridgehead atoms. The van der Waals surface area contributed by atoms with Gasteiger partial charge in [0.1, 0.15) is 0 Å². The number of aryl methyl sites for hydroxylation is 2. The lowest BCUT2D eigenvalue weighted by Gasteiger charge is -2.36. The van der Waals surface area contributed by atoms with Crippen molar-refractivity contribution in [1.29, 1.82) is 0 Å². The first-order chi connectivity index (χ1) is 13.2. The molecule has 1 aromatic carbocycles. The predicted molar refractivity (Wildman–Crippen MR) is 111 cm³/mol. The molecule has 0 saturated carbocycles. The monoisotopic (exact) mass is 401 g/mol. The number of rotatable bonds is 4. The first-order valence-electron chi connectivity index (χ1n) is 9.21. The molecule has 0 spiro atoms. The topological polar surface area (TPSA) is 72.2 Å². The standard InChI is InChI=1S/C20H23N5O2.ClH/c1-23-16-6-2-3-7-17(16)25(20(23)27)11-8-19(26)24-12-10-22-14-18(24)15-5-4-9-21-13-15;/h2-7,9,13,18,22H,8,10-12,14H2,1H3;1H. The quantitative estimate of drug-likeness (QED) is 0.722. The maximum atomic E-state index is 13.0. The number of carbonyl (C=O) groups is 1. The van der Waals surface area contributed by atoms with Gasteiger partial charge >= 0.3 is 5.69 Å². The Labute approximate surface area is 169 Å². The van der Waals surface area contributed by atoms with Crippen molar-refractivity contribution < 1.29 is 4.79 Å². The smallest absolute Gasteiger partial charge is 0.328 e. The molecule has 1 N–H and O–H groups in total. The van der Waals surface area contributed by atoms with Crippen molar-refractivity contribution in [3.8, 4) is 0 Å². The molecule has 1 aliphatic rings. The van der Waals surface area contributed by atoms with Crippen molar-refractivity contribution in [2.45, 2.75) is 19.0 Å². The van der Waals surface area contributed by atoms with Gasteiger partial charge in [0.05, 0.1) is 17.1 Å². The minimum absolute atomic E-state index is 0. The molecular formula is C20H24ClN5O2. The van der Waals surface area contributed by atoms with Gasteiger partial charge in [0.25, 0.3) is 0 Å². The van der Waals surface area contributed by atoms with Crippen LogP contribution < -0.4 is 11.0 Å². The summed E-state index contributed by atoms with van der Waals surface area (Å²) < 4.78 is 3.32. The molecule has 28 heavy (non-hydrogen) atoms. The van der Waals surface area contributed by atoms with E-state index in [1.54, 1.807) is 22.4 Å². The summed E-state index contributed by atoms with van der Waals surface area (Å²) >= 11 is 0. The van der Waals surface area contributed by atoms with Gasteiger partial charge in [-0.3, -0.25) is 18.9 Å². The van der Waals surface area contributed by atoms with Crippen LogP contribution in [0.5, 0.6) is 0 Å². The Bertz CT molecular complexity index is 1010. The fourth-order valence-electron chi connectivity index (χ4n) is 3.80. The Hall–Kier alpha value is -2.64. The van der Waals surface area contributed by atoms with E-state index in [9.17, 15) is 9.59 Å². The van der Waals surface area contributed by atoms with Gasteiger partial charge in [0, 0.05) is 52.0 Å². The maximum absolute atomic E-state index is 13.0. The lowest BCUT2D eigenvalue weighted by atomic mass is 10.0. The number of benzene rings is 1. The van der Waals surface area contributed by atoms with E-state index in [0.29, 0.717) is 26.1 Å². The van der Waals surface area contributed by atoms with Gasteiger partial charge in [-0.2, -0.15) is 0 Å². The number of pyridine rings is 1. The van der Waals surface area contributed by atoms with E-state index >= 15 is 0 Å². The van der Waals surface area contributed by atoms with Gasteiger partial charge in [-0.25, -0.2) is 4.79 Å². The molecule has 3 aromatic rings. The van der Waals surface area contributed by atoms with Gasteiger partial charge in [-0.05, 0) is 23.8 Å². The normalized spacial score (nSPS) is 16.8. The fourth-order valence-corrected chi connectivity index (χ4v) is 3.80. The Kier molecular flexibility index (Phi) is 6.16. The zero-order chi connectivity index (χ0) is 18.8. The molecule has 1 fully saturated rings. The van der Waals surface area contributed by atoms with Gasteiger partial charge in [0.2, 0.25) is 5.91 Å². The number of imidazole rings is 1. The van der Waals surface area contributed by atoms with Crippen molar-refractivity contribution in [1.82, 2.24) is 24.3 Å². The summed E-state index contributed by atoms with van der Waals surface area (Å²) in [6.45, 7) is 2.52. The van der Waals surface area contributed by atoms with Crippen molar-refractivity contribution in [3.63, 3.8) is 0 Å². The molecule has 8 heteroatoms. The zero-order valence-corrected chi connectivity index (χ0v) is 16.6. The zero-order valence-electron chi connectivity index (χ0n) is 15.7. The second kappa shape index (κ2) is 8.58. The van der Waals surface area contributed by atoms with Crippen molar-refractivity contribution in [3.05, 3.63) is 64.8 Å². The van der Waals surface area contributed by atoms with E-state index in [1.807, 2.05) is 47.5 Å². The van der Waals surface area contributed by atoms with Crippen LogP contribution in [-0.4, -0.2) is 44.6 Å². The lowest BCUT2D eigenvalue weighted by molar-refractivity contribution is -0.134. The van der Waals surface area contributed by atoms with E-state index in [-0.39, 0.29) is 30.0 Å². The van der Waals surface area contributed by atoms with E-state index in [1.165, 1.54) is 0 Å². The van der Waals surface area contributed by atoms with E-state index in [0.717, 1.165) is 23.1 Å². The highest BCUT2D eigenvalue weighted by Crippen LogP contribution is 2.22. The molecule has 4 rings (SSSR count). The Morgan fingerprint density at radius 1 is 1.21 bits per heavy atom. The summed E-state index contributed by atoms with van der Waals surface area (Å²) in [5.41, 5.74) is 2.68. The molecular weight excluding hydrogens is 378 g/mol. The number of hydrogen-bond donors (Lipinski definition) is 1. The Morgan fingerprint density at radius 2 is 2.00 bits per heavy atom. The highest BCUT2D eigenvalue weighted by molar-refractivity contribution is 5.85. The van der Waals surface area contributed by atoms with E-state index in [4.69, 9.17) is 0 Å². The van der Waals surface area contributed by atoms with Crippen LogP contribution >= 0.6 is 12.4 Å². The van der Waals surface area contributed by atoms with Crippen LogP contribution in [0.25, 0.3) is 11.0 Å². The van der Waals surface area contributed by atoms with E-state index < -0.39 is 0 Å². The highest BCUT2D eigenvalue weighted by Gasteiger charge is 2.28. The number of hydrogen-bond acceptors (Lipinski definition) is 4. The number of para-hydroxylation sites is 2. The number of nitrogens with zero attached hydrogens (tertiary/aromatic N) is 4. The summed E-state index contributed by atoms with van der Waals surface area (Å²) in [7, 11) is 1.76. The number of nitrogens with one attached hydrogen (secondary N) is 1. The first-order valence-corrected chi connectivity index (χ1v) is 9.21. The average molecular weight is 402 g/mol. The molecule has 1 atom stereocenters. The SMILES string of the molecule is Cl.Cn1c(=O)n(CCC(=O)N2CCNCC2c2cccnc2)c2ccccc21. The summed E-state index contributed by atoms with van der Waals surface area (Å²) in [4.78, 5) is 31.6. The van der Waals surface area contributed by atoms with Gasteiger partial charge in [0.15, 0.2) is 0 Å². The van der Waals surface area contributed by atoms with Gasteiger partial charge in [-0.15, -0.1) is 12.4 Å².